The van der Waals surface area contributed by atoms with Gasteiger partial charge in [-0.2, -0.15) is 0 Å². The first-order valence-electron chi connectivity index (χ1n) is 7.83. The summed E-state index contributed by atoms with van der Waals surface area (Å²) in [5, 5.41) is 3.03. The molecule has 0 bridgehead atoms. The number of benzene rings is 1. The van der Waals surface area contributed by atoms with Crippen LogP contribution in [0.25, 0.3) is 0 Å². The highest BCUT2D eigenvalue weighted by atomic mass is 16.2. The summed E-state index contributed by atoms with van der Waals surface area (Å²) >= 11 is 0. The highest BCUT2D eigenvalue weighted by Gasteiger charge is 2.31. The van der Waals surface area contributed by atoms with Gasteiger partial charge in [0.2, 0.25) is 5.91 Å². The van der Waals surface area contributed by atoms with E-state index in [-0.39, 0.29) is 11.9 Å². The van der Waals surface area contributed by atoms with E-state index in [1.165, 1.54) is 12.8 Å². The molecule has 116 valence electrons. The smallest absolute Gasteiger partial charge is 0.241 e. The molecule has 0 saturated carbocycles. The Morgan fingerprint density at radius 2 is 2.14 bits per heavy atom. The van der Waals surface area contributed by atoms with Gasteiger partial charge in [-0.3, -0.25) is 9.69 Å². The van der Waals surface area contributed by atoms with Gasteiger partial charge in [0.25, 0.3) is 0 Å². The molecule has 3 N–H and O–H groups in total. The Hall–Kier alpha value is -1.55. The van der Waals surface area contributed by atoms with Crippen molar-refractivity contribution in [3.8, 4) is 0 Å². The molecule has 4 heteroatoms. The highest BCUT2D eigenvalue weighted by Crippen LogP contribution is 2.25. The van der Waals surface area contributed by atoms with Gasteiger partial charge in [-0.05, 0) is 69.8 Å². The summed E-state index contributed by atoms with van der Waals surface area (Å²) in [6.45, 7) is 9.45. The third-order valence-corrected chi connectivity index (χ3v) is 4.81. The lowest BCUT2D eigenvalue weighted by atomic mass is 9.91. The number of hydrogen-bond donors (Lipinski definition) is 2. The van der Waals surface area contributed by atoms with Crippen LogP contribution in [0.1, 0.15) is 39.2 Å². The standard InChI is InChI=1S/C17H27N3O/c1-11-6-5-9-20(13(11)3)14(4)17(21)19-16-8-7-15(18)10-12(16)2/h7-8,10-11,13-14H,5-6,9,18H2,1-4H3,(H,19,21). The van der Waals surface area contributed by atoms with Crippen LogP contribution >= 0.6 is 0 Å². The number of piperidine rings is 1. The summed E-state index contributed by atoms with van der Waals surface area (Å²) in [7, 11) is 0. The van der Waals surface area contributed by atoms with Gasteiger partial charge in [0, 0.05) is 17.4 Å². The van der Waals surface area contributed by atoms with Crippen LogP contribution in [0, 0.1) is 12.8 Å². The van der Waals surface area contributed by atoms with Crippen molar-refractivity contribution in [3.63, 3.8) is 0 Å². The van der Waals surface area contributed by atoms with Crippen molar-refractivity contribution < 1.29 is 4.79 Å². The van der Waals surface area contributed by atoms with Gasteiger partial charge in [-0.15, -0.1) is 0 Å². The van der Waals surface area contributed by atoms with Crippen LogP contribution in [-0.4, -0.2) is 29.4 Å². The van der Waals surface area contributed by atoms with Gasteiger partial charge in [-0.1, -0.05) is 6.92 Å². The molecule has 1 fully saturated rings. The van der Waals surface area contributed by atoms with Crippen LogP contribution in [0.15, 0.2) is 18.2 Å². The van der Waals surface area contributed by atoms with E-state index < -0.39 is 0 Å². The second kappa shape index (κ2) is 6.48. The van der Waals surface area contributed by atoms with Gasteiger partial charge in [-0.25, -0.2) is 0 Å². The topological polar surface area (TPSA) is 58.4 Å². The Bertz CT molecular complexity index is 515. The zero-order valence-corrected chi connectivity index (χ0v) is 13.5. The summed E-state index contributed by atoms with van der Waals surface area (Å²) in [5.74, 6) is 0.705. The maximum absolute atomic E-state index is 12.5. The number of rotatable bonds is 3. The lowest BCUT2D eigenvalue weighted by Gasteiger charge is -2.41. The van der Waals surface area contributed by atoms with E-state index in [2.05, 4.69) is 24.1 Å². The first-order valence-corrected chi connectivity index (χ1v) is 7.83. The van der Waals surface area contributed by atoms with E-state index in [1.807, 2.05) is 32.0 Å². The molecule has 1 heterocycles. The minimum atomic E-state index is -0.111. The predicted molar refractivity (Wildman–Crippen MR) is 88.2 cm³/mol. The molecule has 0 aromatic heterocycles. The molecule has 0 radical (unpaired) electrons. The number of carbonyl (C=O) groups is 1. The first-order chi connectivity index (χ1) is 9.90. The molecular weight excluding hydrogens is 262 g/mol. The van der Waals surface area contributed by atoms with E-state index in [0.717, 1.165) is 23.5 Å². The molecule has 3 atom stereocenters. The van der Waals surface area contributed by atoms with Crippen molar-refractivity contribution in [3.05, 3.63) is 23.8 Å². The quantitative estimate of drug-likeness (QED) is 0.841. The second-order valence-electron chi connectivity index (χ2n) is 6.34. The average Bonchev–Trinajstić information content (AvgIpc) is 2.44. The van der Waals surface area contributed by atoms with Crippen LogP contribution in [0.3, 0.4) is 0 Å². The number of nitrogens with zero attached hydrogens (tertiary/aromatic N) is 1. The number of nitrogens with two attached hydrogens (primary N) is 1. The zero-order chi connectivity index (χ0) is 15.6. The molecule has 0 aliphatic carbocycles. The maximum Gasteiger partial charge on any atom is 0.241 e. The van der Waals surface area contributed by atoms with Crippen LogP contribution < -0.4 is 11.1 Å². The maximum atomic E-state index is 12.5. The van der Waals surface area contributed by atoms with E-state index in [0.29, 0.717) is 12.0 Å². The van der Waals surface area contributed by atoms with Crippen molar-refractivity contribution in [2.75, 3.05) is 17.6 Å². The van der Waals surface area contributed by atoms with Crippen molar-refractivity contribution in [2.24, 2.45) is 5.92 Å². The Morgan fingerprint density at radius 3 is 2.81 bits per heavy atom. The Labute approximate surface area is 127 Å². The zero-order valence-electron chi connectivity index (χ0n) is 13.5. The third kappa shape index (κ3) is 3.56. The number of aryl methyl sites for hydroxylation is 1. The molecule has 21 heavy (non-hydrogen) atoms. The van der Waals surface area contributed by atoms with Gasteiger partial charge < -0.3 is 11.1 Å². The Morgan fingerprint density at radius 1 is 1.43 bits per heavy atom. The fourth-order valence-corrected chi connectivity index (χ4v) is 3.13. The van der Waals surface area contributed by atoms with Crippen molar-refractivity contribution in [2.45, 2.75) is 52.6 Å². The second-order valence-corrected chi connectivity index (χ2v) is 6.34. The monoisotopic (exact) mass is 289 g/mol. The molecular formula is C17H27N3O. The number of hydrogen-bond acceptors (Lipinski definition) is 3. The van der Waals surface area contributed by atoms with Crippen LogP contribution in [0.5, 0.6) is 0 Å². The normalized spacial score (nSPS) is 24.6. The number of nitrogens with one attached hydrogen (secondary N) is 1. The summed E-state index contributed by atoms with van der Waals surface area (Å²) in [5.41, 5.74) is 8.31. The lowest BCUT2D eigenvalue weighted by Crippen LogP contribution is -2.51. The van der Waals surface area contributed by atoms with Gasteiger partial charge in [0.1, 0.15) is 0 Å². The summed E-state index contributed by atoms with van der Waals surface area (Å²) < 4.78 is 0. The molecule has 1 aliphatic rings. The molecule has 4 nitrogen and oxygen atoms in total. The van der Waals surface area contributed by atoms with Crippen LogP contribution in [0.2, 0.25) is 0 Å². The average molecular weight is 289 g/mol. The fraction of sp³-hybridized carbons (Fsp3) is 0.588. The van der Waals surface area contributed by atoms with E-state index in [4.69, 9.17) is 5.73 Å². The highest BCUT2D eigenvalue weighted by molar-refractivity contribution is 5.95. The molecule has 1 aromatic carbocycles. The SMILES string of the molecule is Cc1cc(N)ccc1NC(=O)C(C)N1CCCC(C)C1C. The third-order valence-electron chi connectivity index (χ3n) is 4.81. The van der Waals surface area contributed by atoms with Crippen LogP contribution in [0.4, 0.5) is 11.4 Å². The molecule has 1 amide bonds. The molecule has 3 unspecified atom stereocenters. The van der Waals surface area contributed by atoms with Crippen molar-refractivity contribution in [1.29, 1.82) is 0 Å². The fourth-order valence-electron chi connectivity index (χ4n) is 3.13. The van der Waals surface area contributed by atoms with E-state index >= 15 is 0 Å². The predicted octanol–water partition coefficient (Wildman–Crippen LogP) is 3.02. The van der Waals surface area contributed by atoms with Gasteiger partial charge in [0.05, 0.1) is 6.04 Å². The minimum absolute atomic E-state index is 0.0591. The molecule has 1 saturated heterocycles. The van der Waals surface area contributed by atoms with E-state index in [1.54, 1.807) is 0 Å². The van der Waals surface area contributed by atoms with Gasteiger partial charge >= 0.3 is 0 Å². The molecule has 1 aromatic rings. The summed E-state index contributed by atoms with van der Waals surface area (Å²) in [6, 6.07) is 5.91. The Kier molecular flexibility index (Phi) is 4.88. The van der Waals surface area contributed by atoms with Crippen molar-refractivity contribution in [1.82, 2.24) is 4.90 Å². The van der Waals surface area contributed by atoms with E-state index in [9.17, 15) is 4.79 Å². The first kappa shape index (κ1) is 15.8. The number of anilines is 2. The summed E-state index contributed by atoms with van der Waals surface area (Å²) in [4.78, 5) is 14.8. The van der Waals surface area contributed by atoms with Gasteiger partial charge in [0.15, 0.2) is 0 Å². The van der Waals surface area contributed by atoms with Crippen LogP contribution in [-0.2, 0) is 4.79 Å². The molecule has 0 spiro atoms. The number of nitrogen functional groups attached to an aromatic ring is 1. The number of amides is 1. The lowest BCUT2D eigenvalue weighted by molar-refractivity contribution is -0.122. The minimum Gasteiger partial charge on any atom is -0.399 e. The number of likely N-dealkylation sites (tertiary alicyclic amines) is 1. The Balaban J connectivity index is 2.05. The number of carbonyl (C=O) groups excluding carboxylic acids is 1. The largest absolute Gasteiger partial charge is 0.399 e. The molecule has 2 rings (SSSR count). The van der Waals surface area contributed by atoms with Crippen molar-refractivity contribution >= 4 is 17.3 Å². The molecule has 1 aliphatic heterocycles. The summed E-state index contributed by atoms with van der Waals surface area (Å²) in [6.07, 6.45) is 2.42.